The van der Waals surface area contributed by atoms with Gasteiger partial charge in [-0.15, -0.1) is 0 Å². The zero-order valence-electron chi connectivity index (χ0n) is 11.5. The van der Waals surface area contributed by atoms with Gasteiger partial charge in [0.1, 0.15) is 0 Å². The average Bonchev–Trinajstić information content (AvgIpc) is 2.45. The van der Waals surface area contributed by atoms with Crippen LogP contribution in [0.15, 0.2) is 35.7 Å². The number of morpholine rings is 1. The third-order valence-electron chi connectivity index (χ3n) is 3.09. The summed E-state index contributed by atoms with van der Waals surface area (Å²) in [6.07, 6.45) is 1.49. The molecule has 1 N–H and O–H groups in total. The van der Waals surface area contributed by atoms with Crippen LogP contribution in [0, 0.1) is 0 Å². The molecule has 2 rings (SSSR count). The minimum Gasteiger partial charge on any atom is -0.374 e. The highest BCUT2D eigenvalue weighted by atomic mass is 32.2. The molecule has 0 amide bonds. The van der Waals surface area contributed by atoms with Gasteiger partial charge in [-0.3, -0.25) is 0 Å². The van der Waals surface area contributed by atoms with E-state index in [1.807, 2.05) is 37.4 Å². The van der Waals surface area contributed by atoms with Crippen molar-refractivity contribution in [3.05, 3.63) is 41.3 Å². The van der Waals surface area contributed by atoms with Gasteiger partial charge in [-0.2, -0.15) is 0 Å². The maximum absolute atomic E-state index is 11.9. The van der Waals surface area contributed by atoms with E-state index in [2.05, 4.69) is 9.62 Å². The molecule has 1 aromatic rings. The summed E-state index contributed by atoms with van der Waals surface area (Å²) in [7, 11) is -1.43. The van der Waals surface area contributed by atoms with Crippen LogP contribution in [0.3, 0.4) is 0 Å². The van der Waals surface area contributed by atoms with Crippen LogP contribution >= 0.6 is 0 Å². The molecule has 1 heterocycles. The summed E-state index contributed by atoms with van der Waals surface area (Å²) >= 11 is 0. The molecular formula is C14H20N2O3S. The molecule has 0 radical (unpaired) electrons. The van der Waals surface area contributed by atoms with Gasteiger partial charge in [0.25, 0.3) is 0 Å². The second-order valence-electron chi connectivity index (χ2n) is 4.86. The number of hydrogen-bond donors (Lipinski definition) is 1. The predicted octanol–water partition coefficient (Wildman–Crippen LogP) is 0.907. The second-order valence-corrected chi connectivity index (χ2v) is 6.51. The highest BCUT2D eigenvalue weighted by molar-refractivity contribution is 7.92. The maximum atomic E-state index is 11.9. The third-order valence-corrected chi connectivity index (χ3v) is 4.16. The van der Waals surface area contributed by atoms with Gasteiger partial charge < -0.3 is 9.64 Å². The van der Waals surface area contributed by atoms with Gasteiger partial charge in [0, 0.05) is 25.0 Å². The van der Waals surface area contributed by atoms with Crippen molar-refractivity contribution in [3.8, 4) is 0 Å². The lowest BCUT2D eigenvalue weighted by Gasteiger charge is -2.29. The number of nitrogens with one attached hydrogen (secondary N) is 1. The molecular weight excluding hydrogens is 276 g/mol. The fourth-order valence-corrected chi connectivity index (χ4v) is 2.83. The largest absolute Gasteiger partial charge is 0.374 e. The molecule has 0 unspecified atom stereocenters. The maximum Gasteiger partial charge on any atom is 0.233 e. The van der Waals surface area contributed by atoms with Crippen LogP contribution in [0.25, 0.3) is 6.08 Å². The molecule has 1 aliphatic heterocycles. The van der Waals surface area contributed by atoms with Crippen LogP contribution in [0.2, 0.25) is 0 Å². The number of likely N-dealkylation sites (N-methyl/N-ethyl adjacent to an activating group) is 1. The van der Waals surface area contributed by atoms with Crippen molar-refractivity contribution in [3.63, 3.8) is 0 Å². The smallest absolute Gasteiger partial charge is 0.233 e. The molecule has 1 aromatic carbocycles. The van der Waals surface area contributed by atoms with Crippen LogP contribution in [0.5, 0.6) is 0 Å². The molecule has 0 spiro atoms. The summed E-state index contributed by atoms with van der Waals surface area (Å²) in [5.74, 6) is 0. The predicted molar refractivity (Wildman–Crippen MR) is 79.6 cm³/mol. The molecule has 1 fully saturated rings. The van der Waals surface area contributed by atoms with E-state index in [0.29, 0.717) is 13.2 Å². The zero-order chi connectivity index (χ0) is 14.4. The van der Waals surface area contributed by atoms with E-state index in [1.54, 1.807) is 6.08 Å². The number of nitrogens with zero attached hydrogens (tertiary/aromatic N) is 1. The van der Waals surface area contributed by atoms with E-state index in [1.165, 1.54) is 5.41 Å². The number of sulfonamides is 1. The third kappa shape index (κ3) is 5.05. The SMILES string of the molecule is CN1CCO[C@@H](CNS(=O)(=O)/C=C\c2ccccc2)C1. The fourth-order valence-electron chi connectivity index (χ4n) is 1.98. The molecule has 6 heteroatoms. The molecule has 110 valence electrons. The number of hydrogen-bond acceptors (Lipinski definition) is 4. The Bertz CT molecular complexity index is 543. The Morgan fingerprint density at radius 3 is 2.85 bits per heavy atom. The van der Waals surface area contributed by atoms with Crippen molar-refractivity contribution < 1.29 is 13.2 Å². The Balaban J connectivity index is 1.86. The minimum absolute atomic E-state index is 0.0892. The lowest BCUT2D eigenvalue weighted by Crippen LogP contribution is -2.45. The summed E-state index contributed by atoms with van der Waals surface area (Å²) < 4.78 is 31.8. The Morgan fingerprint density at radius 1 is 1.40 bits per heavy atom. The van der Waals surface area contributed by atoms with Crippen LogP contribution in [0.1, 0.15) is 5.56 Å². The molecule has 1 saturated heterocycles. The zero-order valence-corrected chi connectivity index (χ0v) is 12.3. The topological polar surface area (TPSA) is 58.6 Å². The summed E-state index contributed by atoms with van der Waals surface area (Å²) in [6.45, 7) is 2.57. The van der Waals surface area contributed by atoms with Crippen molar-refractivity contribution in [2.45, 2.75) is 6.10 Å². The van der Waals surface area contributed by atoms with E-state index in [4.69, 9.17) is 4.74 Å². The molecule has 0 aromatic heterocycles. The van der Waals surface area contributed by atoms with Gasteiger partial charge in [-0.05, 0) is 18.7 Å². The quantitative estimate of drug-likeness (QED) is 0.877. The summed E-state index contributed by atoms with van der Waals surface area (Å²) in [5.41, 5.74) is 0.853. The van der Waals surface area contributed by atoms with Crippen molar-refractivity contribution in [2.24, 2.45) is 0 Å². The van der Waals surface area contributed by atoms with Crippen molar-refractivity contribution >= 4 is 16.1 Å². The van der Waals surface area contributed by atoms with E-state index in [0.717, 1.165) is 18.7 Å². The van der Waals surface area contributed by atoms with E-state index >= 15 is 0 Å². The highest BCUT2D eigenvalue weighted by Gasteiger charge is 2.19. The summed E-state index contributed by atoms with van der Waals surface area (Å²) in [4.78, 5) is 2.13. The lowest BCUT2D eigenvalue weighted by atomic mass is 10.2. The fraction of sp³-hybridized carbons (Fsp3) is 0.429. The summed E-state index contributed by atoms with van der Waals surface area (Å²) in [6, 6.07) is 9.33. The van der Waals surface area contributed by atoms with Gasteiger partial charge >= 0.3 is 0 Å². The van der Waals surface area contributed by atoms with Crippen molar-refractivity contribution in [2.75, 3.05) is 33.3 Å². The molecule has 5 nitrogen and oxygen atoms in total. The molecule has 0 bridgehead atoms. The molecule has 1 atom stereocenters. The van der Waals surface area contributed by atoms with Crippen LogP contribution < -0.4 is 4.72 Å². The lowest BCUT2D eigenvalue weighted by molar-refractivity contribution is -0.0156. The van der Waals surface area contributed by atoms with Crippen LogP contribution in [-0.4, -0.2) is 52.7 Å². The Hall–Kier alpha value is -1.21. The van der Waals surface area contributed by atoms with E-state index < -0.39 is 10.0 Å². The van der Waals surface area contributed by atoms with E-state index in [-0.39, 0.29) is 6.10 Å². The first-order valence-corrected chi connectivity index (χ1v) is 8.13. The van der Waals surface area contributed by atoms with Gasteiger partial charge in [-0.25, -0.2) is 13.1 Å². The minimum atomic E-state index is -3.43. The first kappa shape index (κ1) is 15.2. The molecule has 20 heavy (non-hydrogen) atoms. The average molecular weight is 296 g/mol. The van der Waals surface area contributed by atoms with Crippen molar-refractivity contribution in [1.29, 1.82) is 0 Å². The Morgan fingerprint density at radius 2 is 2.15 bits per heavy atom. The first-order valence-electron chi connectivity index (χ1n) is 6.58. The van der Waals surface area contributed by atoms with Crippen LogP contribution in [0.4, 0.5) is 0 Å². The Kier molecular flexibility index (Phi) is 5.31. The van der Waals surface area contributed by atoms with Crippen LogP contribution in [-0.2, 0) is 14.8 Å². The first-order chi connectivity index (χ1) is 9.55. The normalized spacial score (nSPS) is 21.4. The molecule has 0 aliphatic carbocycles. The number of rotatable bonds is 5. The summed E-state index contributed by atoms with van der Waals surface area (Å²) in [5, 5.41) is 1.19. The van der Waals surface area contributed by atoms with Gasteiger partial charge in [0.2, 0.25) is 10.0 Å². The Labute approximate surface area is 120 Å². The van der Waals surface area contributed by atoms with Gasteiger partial charge in [-0.1, -0.05) is 30.3 Å². The number of ether oxygens (including phenoxy) is 1. The second kappa shape index (κ2) is 6.99. The molecule has 1 aliphatic rings. The number of benzene rings is 1. The van der Waals surface area contributed by atoms with Gasteiger partial charge in [0.15, 0.2) is 0 Å². The van der Waals surface area contributed by atoms with E-state index in [9.17, 15) is 8.42 Å². The van der Waals surface area contributed by atoms with Crippen molar-refractivity contribution in [1.82, 2.24) is 9.62 Å². The monoisotopic (exact) mass is 296 g/mol. The standard InChI is InChI=1S/C14H20N2O3S/c1-16-8-9-19-14(12-16)11-15-20(17,18)10-7-13-5-3-2-4-6-13/h2-7,10,14-15H,8-9,11-12H2,1H3/b10-7-/t14-/m0/s1. The van der Waals surface area contributed by atoms with Gasteiger partial charge in [0.05, 0.1) is 12.7 Å². The highest BCUT2D eigenvalue weighted by Crippen LogP contribution is 2.04. The molecule has 0 saturated carbocycles.